The van der Waals surface area contributed by atoms with Crippen LogP contribution < -0.4 is 0 Å². The number of hydrogen-bond acceptors (Lipinski definition) is 3. The number of pyridine rings is 1. The van der Waals surface area contributed by atoms with Gasteiger partial charge in [0.2, 0.25) is 0 Å². The Labute approximate surface area is 130 Å². The number of piperidine rings is 1. The Bertz CT molecular complexity index is 570. The molecule has 2 fully saturated rings. The topological polar surface area (TPSA) is 42.4 Å². The number of carbonyl (C=O) groups is 1. The molecule has 2 aliphatic rings. The van der Waals surface area contributed by atoms with E-state index in [4.69, 9.17) is 16.3 Å². The fraction of sp³-hybridized carbons (Fsp3) is 0.625. The SMILES string of the molecule is CC(C)(C)OC(=O)N1CCC2(c3cccc(Cl)n3)CC2C1. The molecule has 1 aliphatic carbocycles. The predicted octanol–water partition coefficient (Wildman–Crippen LogP) is 3.63. The molecule has 0 aromatic carbocycles. The third kappa shape index (κ3) is 2.86. The van der Waals surface area contributed by atoms with Crippen LogP contribution in [0.3, 0.4) is 0 Å². The fourth-order valence-corrected chi connectivity index (χ4v) is 3.40. The molecule has 1 saturated carbocycles. The van der Waals surface area contributed by atoms with Gasteiger partial charge in [-0.3, -0.25) is 0 Å². The molecule has 2 atom stereocenters. The number of likely N-dealkylation sites (tertiary alicyclic amines) is 1. The molecule has 1 aromatic heterocycles. The van der Waals surface area contributed by atoms with Crippen molar-refractivity contribution in [3.63, 3.8) is 0 Å². The average molecular weight is 309 g/mol. The van der Waals surface area contributed by atoms with Crippen molar-refractivity contribution in [2.24, 2.45) is 5.92 Å². The van der Waals surface area contributed by atoms with Gasteiger partial charge in [0.15, 0.2) is 0 Å². The molecular weight excluding hydrogens is 288 g/mol. The summed E-state index contributed by atoms with van der Waals surface area (Å²) in [5.74, 6) is 0.477. The lowest BCUT2D eigenvalue weighted by Gasteiger charge is -2.33. The minimum Gasteiger partial charge on any atom is -0.444 e. The fourth-order valence-electron chi connectivity index (χ4n) is 3.24. The van der Waals surface area contributed by atoms with Crippen molar-refractivity contribution < 1.29 is 9.53 Å². The highest BCUT2D eigenvalue weighted by atomic mass is 35.5. The standard InChI is InChI=1S/C16H21ClN2O2/c1-15(2,3)21-14(20)19-8-7-16(9-11(16)10-19)12-5-4-6-13(17)18-12/h4-6,11H,7-10H2,1-3H3. The Morgan fingerprint density at radius 3 is 2.86 bits per heavy atom. The van der Waals surface area contributed by atoms with Gasteiger partial charge < -0.3 is 9.64 Å². The number of hydrogen-bond donors (Lipinski definition) is 0. The van der Waals surface area contributed by atoms with E-state index in [2.05, 4.69) is 11.1 Å². The number of halogens is 1. The quantitative estimate of drug-likeness (QED) is 0.744. The van der Waals surface area contributed by atoms with Crippen molar-refractivity contribution in [3.8, 4) is 0 Å². The molecular formula is C16H21ClN2O2. The first-order valence-corrected chi connectivity index (χ1v) is 7.79. The summed E-state index contributed by atoms with van der Waals surface area (Å²) in [4.78, 5) is 18.4. The van der Waals surface area contributed by atoms with Gasteiger partial charge in [-0.15, -0.1) is 0 Å². The molecule has 0 spiro atoms. The summed E-state index contributed by atoms with van der Waals surface area (Å²) in [7, 11) is 0. The molecule has 0 N–H and O–H groups in total. The van der Waals surface area contributed by atoms with Crippen LogP contribution in [0.15, 0.2) is 18.2 Å². The number of amides is 1. The van der Waals surface area contributed by atoms with E-state index in [0.717, 1.165) is 31.6 Å². The molecule has 21 heavy (non-hydrogen) atoms. The Kier molecular flexibility index (Phi) is 3.40. The third-order valence-corrected chi connectivity index (χ3v) is 4.59. The third-order valence-electron chi connectivity index (χ3n) is 4.38. The number of ether oxygens (including phenoxy) is 1. The second kappa shape index (κ2) is 4.87. The zero-order valence-corrected chi connectivity index (χ0v) is 13.5. The highest BCUT2D eigenvalue weighted by molar-refractivity contribution is 6.29. The van der Waals surface area contributed by atoms with Crippen molar-refractivity contribution in [1.82, 2.24) is 9.88 Å². The van der Waals surface area contributed by atoms with E-state index in [-0.39, 0.29) is 11.5 Å². The Morgan fingerprint density at radius 1 is 1.48 bits per heavy atom. The number of rotatable bonds is 1. The van der Waals surface area contributed by atoms with Crippen molar-refractivity contribution in [2.45, 2.75) is 44.6 Å². The highest BCUT2D eigenvalue weighted by Gasteiger charge is 2.59. The molecule has 1 aliphatic heterocycles. The van der Waals surface area contributed by atoms with Crippen LogP contribution in [-0.2, 0) is 10.2 Å². The lowest BCUT2D eigenvalue weighted by Crippen LogP contribution is -2.43. The first kappa shape index (κ1) is 14.6. The maximum atomic E-state index is 12.1. The van der Waals surface area contributed by atoms with Crippen LogP contribution in [-0.4, -0.2) is 34.7 Å². The van der Waals surface area contributed by atoms with E-state index < -0.39 is 5.60 Å². The normalized spacial score (nSPS) is 28.0. The van der Waals surface area contributed by atoms with E-state index in [9.17, 15) is 4.79 Å². The lowest BCUT2D eigenvalue weighted by atomic mass is 9.91. The van der Waals surface area contributed by atoms with Crippen molar-refractivity contribution in [3.05, 3.63) is 29.0 Å². The molecule has 3 rings (SSSR count). The summed E-state index contributed by atoms with van der Waals surface area (Å²) in [6.45, 7) is 7.16. The van der Waals surface area contributed by atoms with Crippen LogP contribution >= 0.6 is 11.6 Å². The molecule has 0 radical (unpaired) electrons. The molecule has 1 saturated heterocycles. The summed E-state index contributed by atoms with van der Waals surface area (Å²) in [5, 5.41) is 0.544. The smallest absolute Gasteiger partial charge is 0.410 e. The van der Waals surface area contributed by atoms with E-state index in [1.807, 2.05) is 31.7 Å². The minimum absolute atomic E-state index is 0.128. The van der Waals surface area contributed by atoms with Gasteiger partial charge in [0.05, 0.1) is 0 Å². The molecule has 1 aromatic rings. The van der Waals surface area contributed by atoms with Crippen molar-refractivity contribution in [2.75, 3.05) is 13.1 Å². The number of aromatic nitrogens is 1. The van der Waals surface area contributed by atoms with Crippen LogP contribution in [0.1, 0.15) is 39.3 Å². The molecule has 4 nitrogen and oxygen atoms in total. The maximum absolute atomic E-state index is 12.1. The molecule has 5 heteroatoms. The largest absolute Gasteiger partial charge is 0.444 e. The van der Waals surface area contributed by atoms with Gasteiger partial charge in [-0.05, 0) is 51.7 Å². The van der Waals surface area contributed by atoms with Crippen molar-refractivity contribution in [1.29, 1.82) is 0 Å². The highest BCUT2D eigenvalue weighted by Crippen LogP contribution is 2.58. The van der Waals surface area contributed by atoms with Gasteiger partial charge in [0, 0.05) is 24.2 Å². The summed E-state index contributed by atoms with van der Waals surface area (Å²) < 4.78 is 5.45. The zero-order chi connectivity index (χ0) is 15.3. The second-order valence-corrected chi connectivity index (χ2v) is 7.47. The molecule has 1 amide bonds. The Hall–Kier alpha value is -1.29. The summed E-state index contributed by atoms with van der Waals surface area (Å²) in [6.07, 6.45) is 1.81. The average Bonchev–Trinajstić information content (AvgIpc) is 3.11. The van der Waals surface area contributed by atoms with Gasteiger partial charge in [-0.25, -0.2) is 9.78 Å². The van der Waals surface area contributed by atoms with Gasteiger partial charge >= 0.3 is 6.09 Å². The number of carbonyl (C=O) groups excluding carboxylic acids is 1. The number of nitrogens with zero attached hydrogens (tertiary/aromatic N) is 2. The van der Waals surface area contributed by atoms with Crippen molar-refractivity contribution >= 4 is 17.7 Å². The van der Waals surface area contributed by atoms with Gasteiger partial charge in [0.1, 0.15) is 10.8 Å². The molecule has 2 unspecified atom stereocenters. The zero-order valence-electron chi connectivity index (χ0n) is 12.7. The monoisotopic (exact) mass is 308 g/mol. The van der Waals surface area contributed by atoms with E-state index in [1.165, 1.54) is 0 Å². The summed E-state index contributed by atoms with van der Waals surface area (Å²) in [6, 6.07) is 5.80. The summed E-state index contributed by atoms with van der Waals surface area (Å²) >= 11 is 6.00. The number of fused-ring (bicyclic) bond motifs is 1. The minimum atomic E-state index is -0.441. The summed E-state index contributed by atoms with van der Waals surface area (Å²) in [5.41, 5.74) is 0.761. The van der Waals surface area contributed by atoms with Crippen LogP contribution in [0.5, 0.6) is 0 Å². The van der Waals surface area contributed by atoms with Crippen LogP contribution in [0, 0.1) is 5.92 Å². The van der Waals surface area contributed by atoms with Crippen LogP contribution in [0.4, 0.5) is 4.79 Å². The van der Waals surface area contributed by atoms with Gasteiger partial charge in [-0.2, -0.15) is 0 Å². The lowest BCUT2D eigenvalue weighted by molar-refractivity contribution is 0.0198. The van der Waals surface area contributed by atoms with Gasteiger partial charge in [0.25, 0.3) is 0 Å². The van der Waals surface area contributed by atoms with Crippen LogP contribution in [0.25, 0.3) is 0 Å². The molecule has 114 valence electrons. The predicted molar refractivity (Wildman–Crippen MR) is 81.5 cm³/mol. The van der Waals surface area contributed by atoms with Crippen LogP contribution in [0.2, 0.25) is 5.15 Å². The second-order valence-electron chi connectivity index (χ2n) is 7.08. The Balaban J connectivity index is 1.67. The first-order chi connectivity index (χ1) is 9.80. The van der Waals surface area contributed by atoms with E-state index >= 15 is 0 Å². The maximum Gasteiger partial charge on any atom is 0.410 e. The van der Waals surface area contributed by atoms with E-state index in [0.29, 0.717) is 11.1 Å². The Morgan fingerprint density at radius 2 is 2.24 bits per heavy atom. The molecule has 2 heterocycles. The van der Waals surface area contributed by atoms with Gasteiger partial charge in [-0.1, -0.05) is 17.7 Å². The van der Waals surface area contributed by atoms with E-state index in [1.54, 1.807) is 6.07 Å². The molecule has 0 bridgehead atoms. The first-order valence-electron chi connectivity index (χ1n) is 7.41.